The van der Waals surface area contributed by atoms with Gasteiger partial charge in [-0.25, -0.2) is 14.8 Å². The summed E-state index contributed by atoms with van der Waals surface area (Å²) in [7, 11) is 0. The fourth-order valence-corrected chi connectivity index (χ4v) is 2.39. The van der Waals surface area contributed by atoms with Crippen LogP contribution in [0.1, 0.15) is 21.7 Å². The number of hydrogen-bond acceptors (Lipinski definition) is 6. The molecule has 2 aromatic carbocycles. The fraction of sp³-hybridized carbons (Fsp3) is 0.0526. The zero-order chi connectivity index (χ0) is 18.5. The molecule has 7 nitrogen and oxygen atoms in total. The molecule has 3 N–H and O–H groups in total. The standard InChI is InChI=1S/C19H15N5O2/c1-12-21-17(23-14-8-6-13(11-20)7-9-14)10-18(22-12)24-16-5-3-2-4-15(16)19(25)26/h2-10H,1H3,(H,25,26)(H2,21,22,23,24). The third-order valence-corrected chi connectivity index (χ3v) is 3.54. The van der Waals surface area contributed by atoms with Crippen LogP contribution in [0, 0.1) is 18.3 Å². The Morgan fingerprint density at radius 3 is 2.35 bits per heavy atom. The highest BCUT2D eigenvalue weighted by molar-refractivity contribution is 5.95. The van der Waals surface area contributed by atoms with Crippen molar-refractivity contribution in [2.24, 2.45) is 0 Å². The average molecular weight is 345 g/mol. The second kappa shape index (κ2) is 7.32. The van der Waals surface area contributed by atoms with Gasteiger partial charge in [-0.05, 0) is 43.3 Å². The molecule has 3 rings (SSSR count). The molecule has 0 atom stereocenters. The topological polar surface area (TPSA) is 111 Å². The zero-order valence-corrected chi connectivity index (χ0v) is 13.9. The van der Waals surface area contributed by atoms with Gasteiger partial charge in [-0.3, -0.25) is 0 Å². The second-order valence-electron chi connectivity index (χ2n) is 5.48. The van der Waals surface area contributed by atoms with Crippen LogP contribution in [0.5, 0.6) is 0 Å². The molecule has 26 heavy (non-hydrogen) atoms. The summed E-state index contributed by atoms with van der Waals surface area (Å²) in [6, 6.07) is 17.3. The number of anilines is 4. The van der Waals surface area contributed by atoms with Gasteiger partial charge in [0, 0.05) is 11.8 Å². The summed E-state index contributed by atoms with van der Waals surface area (Å²) in [5, 5.41) is 24.3. The number of benzene rings is 2. The molecule has 3 aromatic rings. The number of rotatable bonds is 5. The van der Waals surface area contributed by atoms with Crippen molar-refractivity contribution in [3.8, 4) is 6.07 Å². The Hall–Kier alpha value is -3.92. The first-order valence-corrected chi connectivity index (χ1v) is 7.77. The lowest BCUT2D eigenvalue weighted by Gasteiger charge is -2.12. The molecular formula is C19H15N5O2. The van der Waals surface area contributed by atoms with E-state index in [2.05, 4.69) is 26.7 Å². The van der Waals surface area contributed by atoms with Crippen molar-refractivity contribution in [3.05, 3.63) is 71.5 Å². The van der Waals surface area contributed by atoms with E-state index in [1.54, 1.807) is 55.5 Å². The van der Waals surface area contributed by atoms with Gasteiger partial charge in [0.15, 0.2) is 0 Å². The molecule has 0 saturated carbocycles. The molecule has 0 unspecified atom stereocenters. The number of nitrogens with zero attached hydrogens (tertiary/aromatic N) is 3. The van der Waals surface area contributed by atoms with Crippen LogP contribution < -0.4 is 10.6 Å². The molecule has 1 aromatic heterocycles. The Bertz CT molecular complexity index is 994. The van der Waals surface area contributed by atoms with E-state index in [4.69, 9.17) is 5.26 Å². The summed E-state index contributed by atoms with van der Waals surface area (Å²) in [4.78, 5) is 20.0. The molecular weight excluding hydrogens is 330 g/mol. The highest BCUT2D eigenvalue weighted by Gasteiger charge is 2.10. The Kier molecular flexibility index (Phi) is 4.76. The van der Waals surface area contributed by atoms with E-state index in [0.717, 1.165) is 5.69 Å². The van der Waals surface area contributed by atoms with Gasteiger partial charge >= 0.3 is 5.97 Å². The van der Waals surface area contributed by atoms with Crippen LogP contribution in [0.4, 0.5) is 23.0 Å². The SMILES string of the molecule is Cc1nc(Nc2ccc(C#N)cc2)cc(Nc2ccccc2C(=O)O)n1. The average Bonchev–Trinajstić information content (AvgIpc) is 2.62. The molecule has 0 aliphatic heterocycles. The van der Waals surface area contributed by atoms with Crippen LogP contribution in [-0.4, -0.2) is 21.0 Å². The molecule has 0 aliphatic carbocycles. The van der Waals surface area contributed by atoms with E-state index in [0.29, 0.717) is 28.7 Å². The minimum Gasteiger partial charge on any atom is -0.478 e. The molecule has 0 radical (unpaired) electrons. The summed E-state index contributed by atoms with van der Waals surface area (Å²) in [5.74, 6) is 0.536. The zero-order valence-electron chi connectivity index (χ0n) is 13.9. The minimum atomic E-state index is -1.02. The molecule has 0 saturated heterocycles. The lowest BCUT2D eigenvalue weighted by atomic mass is 10.2. The van der Waals surface area contributed by atoms with Gasteiger partial charge in [0.2, 0.25) is 0 Å². The smallest absolute Gasteiger partial charge is 0.337 e. The number of para-hydroxylation sites is 1. The summed E-state index contributed by atoms with van der Waals surface area (Å²) in [6.07, 6.45) is 0. The predicted octanol–water partition coefficient (Wildman–Crippen LogP) is 3.84. The maximum absolute atomic E-state index is 11.3. The number of aryl methyl sites for hydroxylation is 1. The molecule has 7 heteroatoms. The quantitative estimate of drug-likeness (QED) is 0.644. The largest absolute Gasteiger partial charge is 0.478 e. The van der Waals surface area contributed by atoms with Gasteiger partial charge < -0.3 is 15.7 Å². The van der Waals surface area contributed by atoms with E-state index in [1.807, 2.05) is 0 Å². The summed E-state index contributed by atoms with van der Waals surface area (Å²) in [5.41, 5.74) is 1.95. The first-order chi connectivity index (χ1) is 12.5. The van der Waals surface area contributed by atoms with E-state index >= 15 is 0 Å². The monoisotopic (exact) mass is 345 g/mol. The van der Waals surface area contributed by atoms with E-state index in [1.165, 1.54) is 6.07 Å². The highest BCUT2D eigenvalue weighted by atomic mass is 16.4. The van der Waals surface area contributed by atoms with Crippen LogP contribution in [0.15, 0.2) is 54.6 Å². The summed E-state index contributed by atoms with van der Waals surface area (Å²) < 4.78 is 0. The van der Waals surface area contributed by atoms with Crippen molar-refractivity contribution in [1.82, 2.24) is 9.97 Å². The number of carboxylic acids is 1. The molecule has 0 fully saturated rings. The van der Waals surface area contributed by atoms with E-state index in [-0.39, 0.29) is 5.56 Å². The first kappa shape index (κ1) is 16.9. The van der Waals surface area contributed by atoms with Crippen molar-refractivity contribution in [1.29, 1.82) is 5.26 Å². The van der Waals surface area contributed by atoms with Crippen molar-refractivity contribution in [2.75, 3.05) is 10.6 Å². The predicted molar refractivity (Wildman–Crippen MR) is 97.9 cm³/mol. The lowest BCUT2D eigenvalue weighted by Crippen LogP contribution is -2.05. The molecule has 0 bridgehead atoms. The van der Waals surface area contributed by atoms with Crippen LogP contribution in [0.3, 0.4) is 0 Å². The molecule has 0 aliphatic rings. The van der Waals surface area contributed by atoms with Crippen molar-refractivity contribution in [3.63, 3.8) is 0 Å². The van der Waals surface area contributed by atoms with Crippen molar-refractivity contribution in [2.45, 2.75) is 6.92 Å². The van der Waals surface area contributed by atoms with Gasteiger partial charge in [0.1, 0.15) is 17.5 Å². The molecule has 0 amide bonds. The Labute approximate surface area is 150 Å². The third kappa shape index (κ3) is 3.94. The third-order valence-electron chi connectivity index (χ3n) is 3.54. The number of carbonyl (C=O) groups is 1. The number of carboxylic acid groups (broad SMARTS) is 1. The van der Waals surface area contributed by atoms with Gasteiger partial charge in [0.05, 0.1) is 22.9 Å². The Morgan fingerprint density at radius 1 is 1.04 bits per heavy atom. The maximum Gasteiger partial charge on any atom is 0.337 e. The minimum absolute atomic E-state index is 0.158. The number of aromatic nitrogens is 2. The fourth-order valence-electron chi connectivity index (χ4n) is 2.39. The van der Waals surface area contributed by atoms with Gasteiger partial charge in [0.25, 0.3) is 0 Å². The Morgan fingerprint density at radius 2 is 1.69 bits per heavy atom. The number of nitriles is 1. The van der Waals surface area contributed by atoms with Crippen LogP contribution in [-0.2, 0) is 0 Å². The van der Waals surface area contributed by atoms with Crippen LogP contribution in [0.25, 0.3) is 0 Å². The van der Waals surface area contributed by atoms with Gasteiger partial charge in [-0.1, -0.05) is 12.1 Å². The van der Waals surface area contributed by atoms with Crippen LogP contribution >= 0.6 is 0 Å². The normalized spacial score (nSPS) is 10.0. The van der Waals surface area contributed by atoms with Crippen molar-refractivity contribution >= 4 is 29.0 Å². The summed E-state index contributed by atoms with van der Waals surface area (Å²) >= 11 is 0. The van der Waals surface area contributed by atoms with E-state index in [9.17, 15) is 9.90 Å². The van der Waals surface area contributed by atoms with Gasteiger partial charge in [-0.2, -0.15) is 5.26 Å². The maximum atomic E-state index is 11.3. The van der Waals surface area contributed by atoms with E-state index < -0.39 is 5.97 Å². The number of nitrogens with one attached hydrogen (secondary N) is 2. The second-order valence-corrected chi connectivity index (χ2v) is 5.48. The van der Waals surface area contributed by atoms with Gasteiger partial charge in [-0.15, -0.1) is 0 Å². The molecule has 128 valence electrons. The Balaban J connectivity index is 1.86. The molecule has 0 spiro atoms. The number of hydrogen-bond donors (Lipinski definition) is 3. The first-order valence-electron chi connectivity index (χ1n) is 7.77. The molecule has 1 heterocycles. The van der Waals surface area contributed by atoms with Crippen molar-refractivity contribution < 1.29 is 9.90 Å². The lowest BCUT2D eigenvalue weighted by molar-refractivity contribution is 0.0698. The number of aromatic carboxylic acids is 1. The summed E-state index contributed by atoms with van der Waals surface area (Å²) in [6.45, 7) is 1.75. The highest BCUT2D eigenvalue weighted by Crippen LogP contribution is 2.23. The van der Waals surface area contributed by atoms with Crippen LogP contribution in [0.2, 0.25) is 0 Å².